The van der Waals surface area contributed by atoms with Crippen LogP contribution in [0.1, 0.15) is 56.6 Å². The van der Waals surface area contributed by atoms with E-state index in [1.807, 2.05) is 6.21 Å². The molecule has 0 bridgehead atoms. The van der Waals surface area contributed by atoms with Gasteiger partial charge in [-0.05, 0) is 18.1 Å². The number of hydrogen-bond acceptors (Lipinski definition) is 7. The molecule has 1 aromatic heterocycles. The van der Waals surface area contributed by atoms with E-state index in [1.165, 1.54) is 12.1 Å². The van der Waals surface area contributed by atoms with E-state index in [0.29, 0.717) is 51.4 Å². The number of ether oxygens (including phenoxy) is 1. The first-order chi connectivity index (χ1) is 17.3. The van der Waals surface area contributed by atoms with Gasteiger partial charge >= 0.3 is 0 Å². The Morgan fingerprint density at radius 2 is 1.92 bits per heavy atom. The maximum absolute atomic E-state index is 14.1. The van der Waals surface area contributed by atoms with E-state index in [9.17, 15) is 13.6 Å². The van der Waals surface area contributed by atoms with E-state index >= 15 is 0 Å². The van der Waals surface area contributed by atoms with Crippen molar-refractivity contribution in [1.82, 2.24) is 20.3 Å². The predicted molar refractivity (Wildman–Crippen MR) is 132 cm³/mol. The summed E-state index contributed by atoms with van der Waals surface area (Å²) in [5, 5.41) is 4.35. The fraction of sp³-hybridized carbons (Fsp3) is 0.538. The summed E-state index contributed by atoms with van der Waals surface area (Å²) in [7, 11) is 0. The minimum absolute atomic E-state index is 0.0345. The van der Waals surface area contributed by atoms with Crippen molar-refractivity contribution in [2.45, 2.75) is 64.6 Å². The molecule has 1 fully saturated rings. The molecule has 10 heteroatoms. The number of anilines is 1. The molecule has 192 valence electrons. The summed E-state index contributed by atoms with van der Waals surface area (Å²) in [4.78, 5) is 26.2. The van der Waals surface area contributed by atoms with Crippen LogP contribution >= 0.6 is 0 Å². The molecule has 3 aliphatic rings. The summed E-state index contributed by atoms with van der Waals surface area (Å²) in [6, 6.07) is 3.49. The SMILES string of the molecule is CC(=O)N1CCc2nc(N3CCC(Oc4ccc(F)cc4F)CC3)c(C3C=NNC3C(C)C)nc2C1. The molecule has 5 rings (SSSR count). The number of nitrogens with zero attached hydrogens (tertiary/aromatic N) is 5. The van der Waals surface area contributed by atoms with E-state index in [1.54, 1.807) is 11.8 Å². The summed E-state index contributed by atoms with van der Waals surface area (Å²) < 4.78 is 33.2. The van der Waals surface area contributed by atoms with E-state index in [4.69, 9.17) is 14.7 Å². The maximum Gasteiger partial charge on any atom is 0.219 e. The lowest BCUT2D eigenvalue weighted by molar-refractivity contribution is -0.129. The summed E-state index contributed by atoms with van der Waals surface area (Å²) in [6.45, 7) is 8.34. The summed E-state index contributed by atoms with van der Waals surface area (Å²) >= 11 is 0. The van der Waals surface area contributed by atoms with Crippen molar-refractivity contribution in [2.75, 3.05) is 24.5 Å². The molecule has 0 aliphatic carbocycles. The second-order valence-electron chi connectivity index (χ2n) is 10.1. The van der Waals surface area contributed by atoms with Gasteiger partial charge in [0.25, 0.3) is 0 Å². The van der Waals surface area contributed by atoms with Crippen LogP contribution in [0.3, 0.4) is 0 Å². The van der Waals surface area contributed by atoms with Gasteiger partial charge in [-0.25, -0.2) is 18.7 Å². The van der Waals surface area contributed by atoms with Crippen LogP contribution in [0.15, 0.2) is 23.3 Å². The van der Waals surface area contributed by atoms with Gasteiger partial charge in [-0.3, -0.25) is 4.79 Å². The number of carbonyl (C=O) groups excluding carboxylic acids is 1. The zero-order chi connectivity index (χ0) is 25.4. The molecule has 2 aromatic rings. The fourth-order valence-electron chi connectivity index (χ4n) is 5.18. The Balaban J connectivity index is 1.39. The lowest BCUT2D eigenvalue weighted by Gasteiger charge is -2.36. The molecule has 0 saturated carbocycles. The highest BCUT2D eigenvalue weighted by Crippen LogP contribution is 2.34. The third kappa shape index (κ3) is 4.85. The zero-order valence-corrected chi connectivity index (χ0v) is 20.9. The van der Waals surface area contributed by atoms with Gasteiger partial charge in [-0.1, -0.05) is 13.8 Å². The first-order valence-electron chi connectivity index (χ1n) is 12.6. The Bertz CT molecular complexity index is 1170. The fourth-order valence-corrected chi connectivity index (χ4v) is 5.18. The number of aromatic nitrogens is 2. The number of rotatable bonds is 5. The number of amides is 1. The molecule has 1 aromatic carbocycles. The number of benzene rings is 1. The van der Waals surface area contributed by atoms with E-state index in [-0.39, 0.29) is 29.7 Å². The van der Waals surface area contributed by atoms with Crippen molar-refractivity contribution in [2.24, 2.45) is 11.0 Å². The number of fused-ring (bicyclic) bond motifs is 1. The van der Waals surface area contributed by atoms with Gasteiger partial charge < -0.3 is 20.0 Å². The molecule has 1 amide bonds. The van der Waals surface area contributed by atoms with Gasteiger partial charge in [0.15, 0.2) is 17.4 Å². The summed E-state index contributed by atoms with van der Waals surface area (Å²) in [6.07, 6.45) is 3.76. The van der Waals surface area contributed by atoms with E-state index < -0.39 is 11.6 Å². The second kappa shape index (κ2) is 9.99. The number of piperidine rings is 1. The molecule has 8 nitrogen and oxygen atoms in total. The number of carbonyl (C=O) groups is 1. The highest BCUT2D eigenvalue weighted by atomic mass is 19.1. The van der Waals surface area contributed by atoms with Crippen LogP contribution < -0.4 is 15.1 Å². The number of halogens is 2. The van der Waals surface area contributed by atoms with Crippen molar-refractivity contribution < 1.29 is 18.3 Å². The molecule has 1 saturated heterocycles. The topological polar surface area (TPSA) is 83.0 Å². The smallest absolute Gasteiger partial charge is 0.219 e. The van der Waals surface area contributed by atoms with Crippen molar-refractivity contribution in [3.05, 3.63) is 46.9 Å². The molecule has 0 spiro atoms. The molecule has 4 heterocycles. The monoisotopic (exact) mass is 498 g/mol. The van der Waals surface area contributed by atoms with Crippen LogP contribution in [-0.2, 0) is 17.8 Å². The number of hydrogen-bond donors (Lipinski definition) is 1. The minimum Gasteiger partial charge on any atom is -0.487 e. The van der Waals surface area contributed by atoms with E-state index in [2.05, 4.69) is 29.3 Å². The standard InChI is InChI=1S/C26H32F2N6O2/c1-15(2)24-19(13-29-32-24)25-26(31-21-8-11-34(16(3)35)14-22(21)30-25)33-9-6-18(7-10-33)36-23-5-4-17(27)12-20(23)28/h4-5,12-13,15,18-19,24,32H,6-11,14H2,1-3H3. The Morgan fingerprint density at radius 1 is 1.14 bits per heavy atom. The van der Waals surface area contributed by atoms with Gasteiger partial charge in [-0.15, -0.1) is 0 Å². The Labute approximate surface area is 209 Å². The normalized spacial score (nSPS) is 22.1. The van der Waals surface area contributed by atoms with Gasteiger partial charge in [0.05, 0.1) is 35.6 Å². The average Bonchev–Trinajstić information content (AvgIpc) is 3.35. The van der Waals surface area contributed by atoms with Crippen LogP contribution in [0.5, 0.6) is 5.75 Å². The van der Waals surface area contributed by atoms with Crippen LogP contribution in [0.2, 0.25) is 0 Å². The second-order valence-corrected chi connectivity index (χ2v) is 10.1. The Hall–Kier alpha value is -3.30. The van der Waals surface area contributed by atoms with Crippen LogP contribution in [0.4, 0.5) is 14.6 Å². The van der Waals surface area contributed by atoms with Crippen molar-refractivity contribution >= 4 is 17.9 Å². The zero-order valence-electron chi connectivity index (χ0n) is 20.9. The number of nitrogens with one attached hydrogen (secondary N) is 1. The molecule has 1 N–H and O–H groups in total. The van der Waals surface area contributed by atoms with Gasteiger partial charge in [0, 0.05) is 58.1 Å². The van der Waals surface area contributed by atoms with Crippen LogP contribution in [0, 0.1) is 17.6 Å². The molecule has 2 atom stereocenters. The molecule has 3 aliphatic heterocycles. The molecular weight excluding hydrogens is 466 g/mol. The van der Waals surface area contributed by atoms with Crippen LogP contribution in [-0.4, -0.2) is 58.8 Å². The van der Waals surface area contributed by atoms with Gasteiger partial charge in [0.2, 0.25) is 5.91 Å². The average molecular weight is 499 g/mol. The predicted octanol–water partition coefficient (Wildman–Crippen LogP) is 3.40. The first-order valence-corrected chi connectivity index (χ1v) is 12.6. The molecule has 2 unspecified atom stereocenters. The Morgan fingerprint density at radius 3 is 2.61 bits per heavy atom. The van der Waals surface area contributed by atoms with Crippen molar-refractivity contribution in [3.63, 3.8) is 0 Å². The lowest BCUT2D eigenvalue weighted by Crippen LogP contribution is -2.42. The molecular formula is C26H32F2N6O2. The molecule has 36 heavy (non-hydrogen) atoms. The number of hydrazone groups is 1. The minimum atomic E-state index is -0.687. The van der Waals surface area contributed by atoms with Crippen molar-refractivity contribution in [3.8, 4) is 5.75 Å². The van der Waals surface area contributed by atoms with Gasteiger partial charge in [-0.2, -0.15) is 5.10 Å². The third-order valence-electron chi connectivity index (χ3n) is 7.27. The van der Waals surface area contributed by atoms with Crippen LogP contribution in [0.25, 0.3) is 0 Å². The summed E-state index contributed by atoms with van der Waals surface area (Å²) in [5.74, 6) is -0.0439. The van der Waals surface area contributed by atoms with Crippen molar-refractivity contribution in [1.29, 1.82) is 0 Å². The quantitative estimate of drug-likeness (QED) is 0.681. The maximum atomic E-state index is 14.1. The molecule has 0 radical (unpaired) electrons. The Kier molecular flexibility index (Phi) is 6.77. The first kappa shape index (κ1) is 24.4. The van der Waals surface area contributed by atoms with Gasteiger partial charge in [0.1, 0.15) is 11.9 Å². The lowest BCUT2D eigenvalue weighted by atomic mass is 9.89. The summed E-state index contributed by atoms with van der Waals surface area (Å²) in [5.41, 5.74) is 5.88. The van der Waals surface area contributed by atoms with E-state index in [0.717, 1.165) is 29.0 Å². The largest absolute Gasteiger partial charge is 0.487 e. The highest BCUT2D eigenvalue weighted by Gasteiger charge is 2.36. The highest BCUT2D eigenvalue weighted by molar-refractivity contribution is 5.74. The third-order valence-corrected chi connectivity index (χ3v) is 7.27.